The Bertz CT molecular complexity index is 250. The predicted molar refractivity (Wildman–Crippen MR) is 60.4 cm³/mol. The van der Waals surface area contributed by atoms with Gasteiger partial charge in [0.05, 0.1) is 12.7 Å². The van der Waals surface area contributed by atoms with Crippen molar-refractivity contribution in [2.24, 2.45) is 0 Å². The van der Waals surface area contributed by atoms with Gasteiger partial charge in [0.1, 0.15) is 0 Å². The largest absolute Gasteiger partial charge is 0.374 e. The van der Waals surface area contributed by atoms with Gasteiger partial charge in [0.25, 0.3) is 0 Å². The molecule has 0 radical (unpaired) electrons. The molecule has 14 heavy (non-hydrogen) atoms. The monoisotopic (exact) mass is 192 g/mol. The van der Waals surface area contributed by atoms with E-state index in [4.69, 9.17) is 4.74 Å². The number of benzene rings is 1. The molecule has 1 rings (SSSR count). The van der Waals surface area contributed by atoms with E-state index >= 15 is 0 Å². The Morgan fingerprint density at radius 1 is 1.07 bits per heavy atom. The Labute approximate surface area is 87.1 Å². The van der Waals surface area contributed by atoms with Crippen molar-refractivity contribution in [1.82, 2.24) is 0 Å². The summed E-state index contributed by atoms with van der Waals surface area (Å²) in [6.07, 6.45) is 2.54. The Balaban J connectivity index is 2.43. The highest BCUT2D eigenvalue weighted by molar-refractivity contribution is 5.21. The molecule has 0 spiro atoms. The van der Waals surface area contributed by atoms with Crippen molar-refractivity contribution >= 4 is 0 Å². The van der Waals surface area contributed by atoms with Crippen LogP contribution in [0.3, 0.4) is 0 Å². The van der Waals surface area contributed by atoms with E-state index in [2.05, 4.69) is 45.0 Å². The summed E-state index contributed by atoms with van der Waals surface area (Å²) in [5, 5.41) is 0. The maximum atomic E-state index is 5.65. The second-order valence-corrected chi connectivity index (χ2v) is 3.70. The van der Waals surface area contributed by atoms with Gasteiger partial charge in [0.15, 0.2) is 0 Å². The van der Waals surface area contributed by atoms with E-state index in [0.29, 0.717) is 6.10 Å². The summed E-state index contributed by atoms with van der Waals surface area (Å²) in [6.45, 7) is 7.16. The Kier molecular flexibility index (Phi) is 4.68. The number of aryl methyl sites for hydroxylation is 1. The molecule has 1 aromatic carbocycles. The third-order valence-electron chi connectivity index (χ3n) is 2.54. The van der Waals surface area contributed by atoms with Crippen LogP contribution in [0.5, 0.6) is 0 Å². The fourth-order valence-electron chi connectivity index (χ4n) is 1.23. The Morgan fingerprint density at radius 3 is 2.14 bits per heavy atom. The van der Waals surface area contributed by atoms with Gasteiger partial charge in [0, 0.05) is 0 Å². The Morgan fingerprint density at radius 2 is 1.64 bits per heavy atom. The summed E-state index contributed by atoms with van der Waals surface area (Å²) in [5.41, 5.74) is 2.65. The minimum atomic E-state index is 0.362. The lowest BCUT2D eigenvalue weighted by molar-refractivity contribution is 0.0508. The molecule has 0 aliphatic rings. The number of hydrogen-bond acceptors (Lipinski definition) is 1. The maximum Gasteiger partial charge on any atom is 0.0720 e. The summed E-state index contributed by atoms with van der Waals surface area (Å²) in [5.74, 6) is 0. The van der Waals surface area contributed by atoms with Gasteiger partial charge in [-0.3, -0.25) is 0 Å². The summed E-state index contributed by atoms with van der Waals surface area (Å²) < 4.78 is 5.65. The van der Waals surface area contributed by atoms with Gasteiger partial charge in [-0.1, -0.05) is 38.1 Å². The smallest absolute Gasteiger partial charge is 0.0720 e. The van der Waals surface area contributed by atoms with Crippen molar-refractivity contribution in [3.05, 3.63) is 35.4 Å². The molecule has 1 nitrogen and oxygen atoms in total. The van der Waals surface area contributed by atoms with Crippen LogP contribution in [-0.4, -0.2) is 6.10 Å². The van der Waals surface area contributed by atoms with E-state index in [1.165, 1.54) is 11.1 Å². The van der Waals surface area contributed by atoms with E-state index in [-0.39, 0.29) is 0 Å². The number of ether oxygens (including phenoxy) is 1. The van der Waals surface area contributed by atoms with Gasteiger partial charge in [-0.05, 0) is 30.9 Å². The second-order valence-electron chi connectivity index (χ2n) is 3.70. The fourth-order valence-corrected chi connectivity index (χ4v) is 1.23. The molecule has 0 saturated carbocycles. The molecule has 0 amide bonds. The Hall–Kier alpha value is -0.820. The standard InChI is InChI=1S/C13H20O/c1-4-11(3)14-10-13-8-6-12(5-2)7-9-13/h6-9,11H,4-5,10H2,1-3H3. The molecule has 0 saturated heterocycles. The fraction of sp³-hybridized carbons (Fsp3) is 0.538. The maximum absolute atomic E-state index is 5.65. The molecule has 0 aliphatic heterocycles. The minimum absolute atomic E-state index is 0.362. The lowest BCUT2D eigenvalue weighted by Gasteiger charge is -2.10. The van der Waals surface area contributed by atoms with Crippen molar-refractivity contribution in [2.75, 3.05) is 0 Å². The van der Waals surface area contributed by atoms with Gasteiger partial charge in [-0.2, -0.15) is 0 Å². The van der Waals surface area contributed by atoms with Crippen LogP contribution in [0.1, 0.15) is 38.3 Å². The highest BCUT2D eigenvalue weighted by Crippen LogP contribution is 2.08. The van der Waals surface area contributed by atoms with Crippen molar-refractivity contribution < 1.29 is 4.74 Å². The second kappa shape index (κ2) is 5.82. The third-order valence-corrected chi connectivity index (χ3v) is 2.54. The first-order valence-electron chi connectivity index (χ1n) is 5.45. The van der Waals surface area contributed by atoms with Crippen LogP contribution in [0, 0.1) is 0 Å². The normalized spacial score (nSPS) is 12.8. The molecule has 1 atom stereocenters. The zero-order valence-corrected chi connectivity index (χ0v) is 9.42. The first kappa shape index (κ1) is 11.3. The summed E-state index contributed by atoms with van der Waals surface area (Å²) >= 11 is 0. The zero-order valence-electron chi connectivity index (χ0n) is 9.42. The van der Waals surface area contributed by atoms with E-state index in [1.807, 2.05) is 0 Å². The van der Waals surface area contributed by atoms with E-state index in [1.54, 1.807) is 0 Å². The SMILES string of the molecule is CCc1ccc(COC(C)CC)cc1. The molecule has 1 aromatic rings. The van der Waals surface area contributed by atoms with Gasteiger partial charge < -0.3 is 4.74 Å². The van der Waals surface area contributed by atoms with Crippen LogP contribution in [-0.2, 0) is 17.8 Å². The topological polar surface area (TPSA) is 9.23 Å². The van der Waals surface area contributed by atoms with E-state index < -0.39 is 0 Å². The predicted octanol–water partition coefficient (Wildman–Crippen LogP) is 3.56. The van der Waals surface area contributed by atoms with E-state index in [0.717, 1.165) is 19.4 Å². The van der Waals surface area contributed by atoms with Crippen LogP contribution in [0.15, 0.2) is 24.3 Å². The van der Waals surface area contributed by atoms with Gasteiger partial charge >= 0.3 is 0 Å². The third kappa shape index (κ3) is 3.51. The van der Waals surface area contributed by atoms with Crippen LogP contribution >= 0.6 is 0 Å². The van der Waals surface area contributed by atoms with Crippen LogP contribution in [0.25, 0.3) is 0 Å². The van der Waals surface area contributed by atoms with E-state index in [9.17, 15) is 0 Å². The molecule has 0 fully saturated rings. The van der Waals surface area contributed by atoms with Crippen molar-refractivity contribution in [3.63, 3.8) is 0 Å². The number of rotatable bonds is 5. The van der Waals surface area contributed by atoms with Crippen molar-refractivity contribution in [1.29, 1.82) is 0 Å². The lowest BCUT2D eigenvalue weighted by Crippen LogP contribution is -2.05. The number of hydrogen-bond donors (Lipinski definition) is 0. The zero-order chi connectivity index (χ0) is 10.4. The summed E-state index contributed by atoms with van der Waals surface area (Å²) in [6, 6.07) is 8.66. The van der Waals surface area contributed by atoms with Gasteiger partial charge in [-0.25, -0.2) is 0 Å². The molecule has 1 heteroatoms. The highest BCUT2D eigenvalue weighted by Gasteiger charge is 1.99. The molecule has 0 bridgehead atoms. The van der Waals surface area contributed by atoms with Gasteiger partial charge in [-0.15, -0.1) is 0 Å². The van der Waals surface area contributed by atoms with Crippen molar-refractivity contribution in [3.8, 4) is 0 Å². The van der Waals surface area contributed by atoms with Crippen LogP contribution in [0.4, 0.5) is 0 Å². The highest BCUT2D eigenvalue weighted by atomic mass is 16.5. The van der Waals surface area contributed by atoms with Crippen LogP contribution < -0.4 is 0 Å². The molecule has 0 aromatic heterocycles. The van der Waals surface area contributed by atoms with Crippen molar-refractivity contribution in [2.45, 2.75) is 46.3 Å². The molecule has 0 N–H and O–H groups in total. The average molecular weight is 192 g/mol. The molecule has 0 heterocycles. The molecular formula is C13H20O. The molecule has 78 valence electrons. The average Bonchev–Trinajstić information content (AvgIpc) is 2.26. The van der Waals surface area contributed by atoms with Crippen LogP contribution in [0.2, 0.25) is 0 Å². The minimum Gasteiger partial charge on any atom is -0.374 e. The van der Waals surface area contributed by atoms with Gasteiger partial charge in [0.2, 0.25) is 0 Å². The lowest BCUT2D eigenvalue weighted by atomic mass is 10.1. The molecule has 0 aliphatic carbocycles. The molecule has 1 unspecified atom stereocenters. The summed E-state index contributed by atoms with van der Waals surface area (Å²) in [7, 11) is 0. The first-order valence-corrected chi connectivity index (χ1v) is 5.45. The summed E-state index contributed by atoms with van der Waals surface area (Å²) in [4.78, 5) is 0. The first-order chi connectivity index (χ1) is 6.76. The quantitative estimate of drug-likeness (QED) is 0.693. The molecular weight excluding hydrogens is 172 g/mol.